The van der Waals surface area contributed by atoms with Gasteiger partial charge in [0.1, 0.15) is 36.8 Å². The van der Waals surface area contributed by atoms with E-state index in [1.807, 2.05) is 0 Å². The SMILES string of the molecule is CC/C=C\C/C=C\C/C=C\C/C=C\C/C=C\CCCCCC(=O)OC(COC(=O)CCCCCCCCCC/C=C\C/C=C\C/C=C\C/C=C\CC)COC1OC(CS(=O)(=O)O)C(O)C(O)C1O. The highest BCUT2D eigenvalue weighted by molar-refractivity contribution is 7.85. The summed E-state index contributed by atoms with van der Waals surface area (Å²) in [7, 11) is -4.62. The summed E-state index contributed by atoms with van der Waals surface area (Å²) in [5.41, 5.74) is 0. The highest BCUT2D eigenvalue weighted by Gasteiger charge is 2.46. The number of carbonyl (C=O) groups excluding carboxylic acids is 2. The van der Waals surface area contributed by atoms with Gasteiger partial charge in [-0.2, -0.15) is 8.42 Å². The van der Waals surface area contributed by atoms with Crippen molar-refractivity contribution in [1.29, 1.82) is 0 Å². The predicted octanol–water partition coefficient (Wildman–Crippen LogP) is 11.6. The van der Waals surface area contributed by atoms with Gasteiger partial charge in [0.25, 0.3) is 10.1 Å². The van der Waals surface area contributed by atoms with Crippen LogP contribution >= 0.6 is 0 Å². The maximum Gasteiger partial charge on any atom is 0.306 e. The Balaban J connectivity index is 2.42. The van der Waals surface area contributed by atoms with E-state index in [9.17, 15) is 37.9 Å². The molecule has 1 aliphatic rings. The Labute approximate surface area is 410 Å². The number of ether oxygens (including phenoxy) is 4. The van der Waals surface area contributed by atoms with E-state index in [1.165, 1.54) is 19.3 Å². The van der Waals surface area contributed by atoms with Crippen LogP contribution in [0.5, 0.6) is 0 Å². The highest BCUT2D eigenvalue weighted by atomic mass is 32.2. The third-order valence-electron chi connectivity index (χ3n) is 10.8. The van der Waals surface area contributed by atoms with E-state index in [1.54, 1.807) is 0 Å². The maximum atomic E-state index is 12.9. The van der Waals surface area contributed by atoms with E-state index in [0.29, 0.717) is 12.8 Å². The molecule has 0 aromatic heterocycles. The zero-order valence-electron chi connectivity index (χ0n) is 41.4. The summed E-state index contributed by atoms with van der Waals surface area (Å²) in [5, 5.41) is 31.0. The van der Waals surface area contributed by atoms with Crippen LogP contribution in [0.25, 0.3) is 0 Å². The zero-order chi connectivity index (χ0) is 49.8. The number of unbranched alkanes of at least 4 members (excludes halogenated alkanes) is 11. The van der Waals surface area contributed by atoms with E-state index in [-0.39, 0.29) is 19.4 Å². The van der Waals surface area contributed by atoms with Gasteiger partial charge in [-0.25, -0.2) is 0 Å². The van der Waals surface area contributed by atoms with E-state index in [2.05, 4.69) is 123 Å². The van der Waals surface area contributed by atoms with Gasteiger partial charge in [-0.3, -0.25) is 14.1 Å². The molecule has 68 heavy (non-hydrogen) atoms. The summed E-state index contributed by atoms with van der Waals surface area (Å²) in [6.07, 6.45) is 51.2. The molecule has 1 fully saturated rings. The maximum absolute atomic E-state index is 12.9. The van der Waals surface area contributed by atoms with Crippen molar-refractivity contribution in [3.63, 3.8) is 0 Å². The molecule has 4 N–H and O–H groups in total. The second kappa shape index (κ2) is 43.3. The molecule has 6 unspecified atom stereocenters. The van der Waals surface area contributed by atoms with E-state index >= 15 is 0 Å². The Bertz CT molecular complexity index is 1660. The lowest BCUT2D eigenvalue weighted by Crippen LogP contribution is -2.60. The van der Waals surface area contributed by atoms with Crippen molar-refractivity contribution in [2.75, 3.05) is 19.0 Å². The molecule has 0 aliphatic carbocycles. The van der Waals surface area contributed by atoms with Gasteiger partial charge in [0, 0.05) is 12.8 Å². The van der Waals surface area contributed by atoms with Crippen molar-refractivity contribution < 1.29 is 56.8 Å². The van der Waals surface area contributed by atoms with Crippen LogP contribution in [-0.2, 0) is 38.7 Å². The number of carbonyl (C=O) groups is 2. The predicted molar refractivity (Wildman–Crippen MR) is 274 cm³/mol. The number of rotatable bonds is 41. The van der Waals surface area contributed by atoms with Crippen molar-refractivity contribution in [1.82, 2.24) is 0 Å². The summed E-state index contributed by atoms with van der Waals surface area (Å²) < 4.78 is 54.2. The summed E-state index contributed by atoms with van der Waals surface area (Å²) in [4.78, 5) is 25.5. The van der Waals surface area contributed by atoms with Crippen LogP contribution in [0.4, 0.5) is 0 Å². The molecule has 0 aromatic carbocycles. The van der Waals surface area contributed by atoms with Gasteiger partial charge in [-0.05, 0) is 96.3 Å². The molecule has 6 atom stereocenters. The summed E-state index contributed by atoms with van der Waals surface area (Å²) in [6.45, 7) is 3.50. The number of esters is 2. The quantitative estimate of drug-likeness (QED) is 0.0197. The Morgan fingerprint density at radius 1 is 0.500 bits per heavy atom. The molecule has 1 aliphatic heterocycles. The molecule has 13 heteroatoms. The molecule has 12 nitrogen and oxygen atoms in total. The monoisotopic (exact) mass is 973 g/mol. The second-order valence-corrected chi connectivity index (χ2v) is 18.6. The molecule has 1 heterocycles. The fourth-order valence-electron chi connectivity index (χ4n) is 6.99. The molecule has 0 spiro atoms. The lowest BCUT2D eigenvalue weighted by atomic mass is 10.00. The topological polar surface area (TPSA) is 186 Å². The Hall–Kier alpha value is -3.69. The number of hydrogen-bond donors (Lipinski definition) is 4. The second-order valence-electron chi connectivity index (χ2n) is 17.1. The summed E-state index contributed by atoms with van der Waals surface area (Å²) >= 11 is 0. The fraction of sp³-hybridized carbons (Fsp3) is 0.636. The number of hydrogen-bond acceptors (Lipinski definition) is 11. The summed E-state index contributed by atoms with van der Waals surface area (Å²) in [6, 6.07) is 0. The van der Waals surface area contributed by atoms with Crippen molar-refractivity contribution >= 4 is 22.1 Å². The van der Waals surface area contributed by atoms with Gasteiger partial charge in [0.2, 0.25) is 0 Å². The van der Waals surface area contributed by atoms with Crippen LogP contribution in [0.1, 0.15) is 168 Å². The molecule has 0 saturated carbocycles. The molecule has 0 amide bonds. The van der Waals surface area contributed by atoms with Gasteiger partial charge in [0.15, 0.2) is 12.4 Å². The van der Waals surface area contributed by atoms with Crippen LogP contribution in [0, 0.1) is 0 Å². The molecular formula is C55H88O12S. The number of allylic oxidation sites excluding steroid dienone is 18. The van der Waals surface area contributed by atoms with Crippen molar-refractivity contribution in [3.05, 3.63) is 109 Å². The first kappa shape index (κ1) is 62.3. The number of aliphatic hydroxyl groups is 3. The van der Waals surface area contributed by atoms with E-state index in [0.717, 1.165) is 109 Å². The molecule has 386 valence electrons. The minimum absolute atomic E-state index is 0.116. The first-order valence-corrected chi connectivity index (χ1v) is 27.1. The van der Waals surface area contributed by atoms with Gasteiger partial charge in [0.05, 0.1) is 6.61 Å². The normalized spacial score (nSPS) is 20.1. The van der Waals surface area contributed by atoms with Crippen LogP contribution < -0.4 is 0 Å². The third-order valence-corrected chi connectivity index (χ3v) is 11.6. The molecule has 1 rings (SSSR count). The number of aliphatic hydroxyl groups excluding tert-OH is 3. The van der Waals surface area contributed by atoms with Crippen molar-refractivity contribution in [2.24, 2.45) is 0 Å². The van der Waals surface area contributed by atoms with E-state index in [4.69, 9.17) is 18.9 Å². The van der Waals surface area contributed by atoms with Crippen LogP contribution in [-0.4, -0.2) is 96.0 Å². The molecular weight excluding hydrogens is 885 g/mol. The molecule has 1 saturated heterocycles. The molecule has 0 bridgehead atoms. The van der Waals surface area contributed by atoms with Gasteiger partial charge in [-0.1, -0.05) is 168 Å². The van der Waals surface area contributed by atoms with Crippen LogP contribution in [0.3, 0.4) is 0 Å². The van der Waals surface area contributed by atoms with Gasteiger partial charge >= 0.3 is 11.9 Å². The minimum atomic E-state index is -4.62. The smallest absolute Gasteiger partial charge is 0.306 e. The average Bonchev–Trinajstić information content (AvgIpc) is 3.31. The standard InChI is InChI=1S/C55H88O12S/c1-3-5-7-9-11-13-15-17-19-21-23-24-26-27-29-31-33-35-37-39-41-43-50(56)64-45-48(46-65-55-54(60)53(59)52(58)49(67-55)47-68(61,62)63)66-51(57)44-42-40-38-36-34-32-30-28-25-22-20-18-16-14-12-10-8-6-4-2/h5-8,11-14,17-20,23-25,28,32,34,48-49,52-55,58-60H,3-4,9-10,15-16,21-22,26-27,29-31,33,35-47H2,1-2H3,(H,61,62,63)/b7-5-,8-6-,13-11-,14-12-,19-17-,20-18-,24-23-,28-25-,34-32-. The summed E-state index contributed by atoms with van der Waals surface area (Å²) in [5.74, 6) is -2.05. The lowest BCUT2D eigenvalue weighted by Gasteiger charge is -2.40. The van der Waals surface area contributed by atoms with Crippen LogP contribution in [0.2, 0.25) is 0 Å². The largest absolute Gasteiger partial charge is 0.462 e. The first-order chi connectivity index (χ1) is 33.0. The Morgan fingerprint density at radius 2 is 0.882 bits per heavy atom. The minimum Gasteiger partial charge on any atom is -0.462 e. The highest BCUT2D eigenvalue weighted by Crippen LogP contribution is 2.24. The average molecular weight is 973 g/mol. The van der Waals surface area contributed by atoms with Gasteiger partial charge in [-0.15, -0.1) is 0 Å². The van der Waals surface area contributed by atoms with Crippen molar-refractivity contribution in [3.8, 4) is 0 Å². The zero-order valence-corrected chi connectivity index (χ0v) is 42.2. The molecule has 0 aromatic rings. The van der Waals surface area contributed by atoms with Crippen LogP contribution in [0.15, 0.2) is 109 Å². The first-order valence-electron chi connectivity index (χ1n) is 25.4. The Morgan fingerprint density at radius 3 is 1.32 bits per heavy atom. The van der Waals surface area contributed by atoms with Gasteiger partial charge < -0.3 is 34.3 Å². The van der Waals surface area contributed by atoms with E-state index < -0.39 is 71.2 Å². The third kappa shape index (κ3) is 37.2. The molecule has 0 radical (unpaired) electrons. The van der Waals surface area contributed by atoms with Crippen molar-refractivity contribution in [2.45, 2.75) is 205 Å². The Kier molecular flexibility index (Phi) is 39.7. The fourth-order valence-corrected chi connectivity index (χ4v) is 7.68. The lowest BCUT2D eigenvalue weighted by molar-refractivity contribution is -0.297.